The zero-order valence-electron chi connectivity index (χ0n) is 18.7. The number of rotatable bonds is 5. The minimum atomic E-state index is -0.257. The maximum Gasteiger partial charge on any atom is 0.255 e. The van der Waals surface area contributed by atoms with E-state index in [4.69, 9.17) is 4.74 Å². The summed E-state index contributed by atoms with van der Waals surface area (Å²) in [6.07, 6.45) is 3.35. The van der Waals surface area contributed by atoms with E-state index in [1.807, 2.05) is 30.3 Å². The lowest BCUT2D eigenvalue weighted by Crippen LogP contribution is -2.40. The lowest BCUT2D eigenvalue weighted by molar-refractivity contribution is 0.0297. The molecule has 1 unspecified atom stereocenters. The number of anilines is 1. The zero-order chi connectivity index (χ0) is 22.6. The third kappa shape index (κ3) is 5.32. The molecule has 33 heavy (non-hydrogen) atoms. The van der Waals surface area contributed by atoms with Gasteiger partial charge in [-0.1, -0.05) is 30.3 Å². The van der Waals surface area contributed by atoms with Crippen molar-refractivity contribution in [1.29, 1.82) is 0 Å². The van der Waals surface area contributed by atoms with Gasteiger partial charge in [-0.2, -0.15) is 0 Å². The normalized spacial score (nSPS) is 18.5. The Hall–Kier alpha value is -3.02. The molecular formula is C28H29FN2O2. The number of hydrogen-bond acceptors (Lipinski definition) is 3. The van der Waals surface area contributed by atoms with Crippen molar-refractivity contribution in [2.75, 3.05) is 38.2 Å². The largest absolute Gasteiger partial charge is 0.379 e. The van der Waals surface area contributed by atoms with Crippen LogP contribution in [0.1, 0.15) is 27.9 Å². The third-order valence-electron chi connectivity index (χ3n) is 6.74. The molecule has 0 radical (unpaired) electrons. The number of benzene rings is 3. The average molecular weight is 445 g/mol. The summed E-state index contributed by atoms with van der Waals surface area (Å²) in [6, 6.07) is 20.1. The first kappa shape index (κ1) is 21.8. The minimum Gasteiger partial charge on any atom is -0.379 e. The van der Waals surface area contributed by atoms with Gasteiger partial charge in [-0.15, -0.1) is 0 Å². The summed E-state index contributed by atoms with van der Waals surface area (Å²) in [6.45, 7) is 4.93. The van der Waals surface area contributed by atoms with Crippen molar-refractivity contribution in [2.45, 2.75) is 19.3 Å². The van der Waals surface area contributed by atoms with Crippen LogP contribution in [0.25, 0.3) is 11.1 Å². The van der Waals surface area contributed by atoms with Crippen LogP contribution in [0.5, 0.6) is 0 Å². The molecule has 1 atom stereocenters. The van der Waals surface area contributed by atoms with Crippen LogP contribution < -0.4 is 5.32 Å². The summed E-state index contributed by atoms with van der Waals surface area (Å²) in [5.41, 5.74) is 6.06. The second-order valence-electron chi connectivity index (χ2n) is 9.04. The van der Waals surface area contributed by atoms with Gasteiger partial charge in [-0.3, -0.25) is 9.69 Å². The van der Waals surface area contributed by atoms with Gasteiger partial charge in [0.2, 0.25) is 0 Å². The lowest BCUT2D eigenvalue weighted by atomic mass is 9.83. The number of morpholine rings is 1. The van der Waals surface area contributed by atoms with Crippen LogP contribution >= 0.6 is 0 Å². The number of ether oxygens (including phenoxy) is 1. The maximum atomic E-state index is 13.1. The number of carbonyl (C=O) groups excluding carboxylic acids is 1. The molecule has 170 valence electrons. The van der Waals surface area contributed by atoms with Crippen LogP contribution in [-0.4, -0.2) is 43.7 Å². The second kappa shape index (κ2) is 9.86. The molecule has 2 aliphatic rings. The van der Waals surface area contributed by atoms with Crippen molar-refractivity contribution < 1.29 is 13.9 Å². The van der Waals surface area contributed by atoms with Crippen molar-refractivity contribution in [1.82, 2.24) is 4.90 Å². The van der Waals surface area contributed by atoms with E-state index in [0.29, 0.717) is 11.5 Å². The van der Waals surface area contributed by atoms with Crippen molar-refractivity contribution in [3.8, 4) is 11.1 Å². The number of halogens is 1. The van der Waals surface area contributed by atoms with Gasteiger partial charge in [0, 0.05) is 30.9 Å². The fourth-order valence-corrected chi connectivity index (χ4v) is 4.87. The van der Waals surface area contributed by atoms with Crippen molar-refractivity contribution in [3.63, 3.8) is 0 Å². The van der Waals surface area contributed by atoms with Crippen molar-refractivity contribution >= 4 is 11.6 Å². The van der Waals surface area contributed by atoms with E-state index >= 15 is 0 Å². The SMILES string of the molecule is O=C(Nc1ccc2c(c1)CCC(CN1CCOCC1)C2)c1ccc(-c2ccc(F)cc2)cc1. The van der Waals surface area contributed by atoms with Crippen LogP contribution in [-0.2, 0) is 17.6 Å². The van der Waals surface area contributed by atoms with Gasteiger partial charge in [-0.25, -0.2) is 4.39 Å². The fourth-order valence-electron chi connectivity index (χ4n) is 4.87. The summed E-state index contributed by atoms with van der Waals surface area (Å²) in [7, 11) is 0. The quantitative estimate of drug-likeness (QED) is 0.589. The molecule has 0 saturated carbocycles. The molecule has 1 aliphatic heterocycles. The highest BCUT2D eigenvalue weighted by Gasteiger charge is 2.22. The molecule has 3 aromatic carbocycles. The molecule has 1 fully saturated rings. The molecule has 5 rings (SSSR count). The standard InChI is InChI=1S/C28H29FN2O2/c29-26-10-7-22(8-11-26)21-3-5-23(6-4-21)28(32)30-27-12-9-24-17-20(1-2-25(24)18-27)19-31-13-15-33-16-14-31/h3-12,18,20H,1-2,13-17,19H2,(H,30,32). The van der Waals surface area contributed by atoms with Crippen LogP contribution in [0.3, 0.4) is 0 Å². The Morgan fingerprint density at radius 2 is 1.64 bits per heavy atom. The van der Waals surface area contributed by atoms with Gasteiger partial charge in [-0.05, 0) is 83.8 Å². The Kier molecular flexibility index (Phi) is 6.51. The smallest absolute Gasteiger partial charge is 0.255 e. The van der Waals surface area contributed by atoms with Gasteiger partial charge in [0.05, 0.1) is 13.2 Å². The number of amides is 1. The monoisotopic (exact) mass is 444 g/mol. The van der Waals surface area contributed by atoms with Gasteiger partial charge in [0.25, 0.3) is 5.91 Å². The molecule has 3 aromatic rings. The fraction of sp³-hybridized carbons (Fsp3) is 0.321. The van der Waals surface area contributed by atoms with Crippen LogP contribution in [0.15, 0.2) is 66.7 Å². The Labute approximate surface area is 194 Å². The summed E-state index contributed by atoms with van der Waals surface area (Å²) < 4.78 is 18.6. The molecule has 1 saturated heterocycles. The van der Waals surface area contributed by atoms with Gasteiger partial charge >= 0.3 is 0 Å². The Bertz CT molecular complexity index is 1110. The summed E-state index contributed by atoms with van der Waals surface area (Å²) >= 11 is 0. The number of nitrogens with zero attached hydrogens (tertiary/aromatic N) is 1. The summed E-state index contributed by atoms with van der Waals surface area (Å²) in [4.78, 5) is 15.3. The zero-order valence-corrected chi connectivity index (χ0v) is 18.7. The highest BCUT2D eigenvalue weighted by Crippen LogP contribution is 2.29. The van der Waals surface area contributed by atoms with Gasteiger partial charge in [0.1, 0.15) is 5.82 Å². The molecule has 0 bridgehead atoms. The van der Waals surface area contributed by atoms with E-state index in [0.717, 1.165) is 62.5 Å². The molecule has 1 heterocycles. The topological polar surface area (TPSA) is 41.6 Å². The summed E-state index contributed by atoms with van der Waals surface area (Å²) in [5, 5.41) is 3.04. The number of nitrogens with one attached hydrogen (secondary N) is 1. The second-order valence-corrected chi connectivity index (χ2v) is 9.04. The van der Waals surface area contributed by atoms with E-state index in [1.165, 1.54) is 29.7 Å². The minimum absolute atomic E-state index is 0.124. The van der Waals surface area contributed by atoms with Crippen LogP contribution in [0.4, 0.5) is 10.1 Å². The van der Waals surface area contributed by atoms with Crippen molar-refractivity contribution in [3.05, 3.63) is 89.2 Å². The molecule has 0 aromatic heterocycles. The van der Waals surface area contributed by atoms with Gasteiger partial charge < -0.3 is 10.1 Å². The molecule has 4 nitrogen and oxygen atoms in total. The Morgan fingerprint density at radius 3 is 2.36 bits per heavy atom. The molecule has 1 N–H and O–H groups in total. The number of aryl methyl sites for hydroxylation is 1. The molecule has 1 aliphatic carbocycles. The number of hydrogen-bond donors (Lipinski definition) is 1. The predicted molar refractivity (Wildman–Crippen MR) is 129 cm³/mol. The third-order valence-corrected chi connectivity index (χ3v) is 6.74. The first-order chi connectivity index (χ1) is 16.1. The van der Waals surface area contributed by atoms with Gasteiger partial charge in [0.15, 0.2) is 0 Å². The van der Waals surface area contributed by atoms with E-state index in [2.05, 4.69) is 22.3 Å². The maximum absolute atomic E-state index is 13.1. The number of fused-ring (bicyclic) bond motifs is 1. The average Bonchev–Trinajstić information content (AvgIpc) is 2.85. The van der Waals surface area contributed by atoms with Crippen LogP contribution in [0, 0.1) is 11.7 Å². The highest BCUT2D eigenvalue weighted by molar-refractivity contribution is 6.04. The predicted octanol–water partition coefficient (Wildman–Crippen LogP) is 5.18. The van der Waals surface area contributed by atoms with E-state index < -0.39 is 0 Å². The summed E-state index contributed by atoms with van der Waals surface area (Å²) in [5.74, 6) is 0.310. The Morgan fingerprint density at radius 1 is 0.939 bits per heavy atom. The molecule has 0 spiro atoms. The van der Waals surface area contributed by atoms with E-state index in [9.17, 15) is 9.18 Å². The van der Waals surface area contributed by atoms with E-state index in [-0.39, 0.29) is 11.7 Å². The molecule has 1 amide bonds. The lowest BCUT2D eigenvalue weighted by Gasteiger charge is -2.33. The Balaban J connectivity index is 1.20. The van der Waals surface area contributed by atoms with E-state index in [1.54, 1.807) is 12.1 Å². The van der Waals surface area contributed by atoms with Crippen molar-refractivity contribution in [2.24, 2.45) is 5.92 Å². The first-order valence-corrected chi connectivity index (χ1v) is 11.7. The highest BCUT2D eigenvalue weighted by atomic mass is 19.1. The first-order valence-electron chi connectivity index (χ1n) is 11.7. The molecule has 5 heteroatoms. The number of carbonyl (C=O) groups is 1. The van der Waals surface area contributed by atoms with Crippen LogP contribution in [0.2, 0.25) is 0 Å². The molecular weight excluding hydrogens is 415 g/mol.